The summed E-state index contributed by atoms with van der Waals surface area (Å²) in [4.78, 5) is 2.58. The summed E-state index contributed by atoms with van der Waals surface area (Å²) in [5.74, 6) is 0.352. The number of hydrogen-bond donors (Lipinski definition) is 2. The molecule has 1 fully saturated rings. The summed E-state index contributed by atoms with van der Waals surface area (Å²) < 4.78 is 0. The van der Waals surface area contributed by atoms with Gasteiger partial charge in [-0.25, -0.2) is 0 Å². The van der Waals surface area contributed by atoms with Crippen LogP contribution in [0.25, 0.3) is 0 Å². The van der Waals surface area contributed by atoms with E-state index in [0.29, 0.717) is 11.8 Å². The molecule has 1 unspecified atom stereocenters. The number of benzene rings is 1. The summed E-state index contributed by atoms with van der Waals surface area (Å²) in [6, 6.07) is 9.69. The van der Waals surface area contributed by atoms with E-state index in [-0.39, 0.29) is 0 Å². The molecule has 2 rings (SSSR count). The molecule has 118 valence electrons. The van der Waals surface area contributed by atoms with Crippen molar-refractivity contribution in [3.8, 4) is 5.75 Å². The third-order valence-corrected chi connectivity index (χ3v) is 5.16. The lowest BCUT2D eigenvalue weighted by Crippen LogP contribution is -2.43. The van der Waals surface area contributed by atoms with E-state index in [1.54, 1.807) is 12.1 Å². The van der Waals surface area contributed by atoms with Crippen molar-refractivity contribution in [3.05, 3.63) is 29.8 Å². The maximum atomic E-state index is 9.32. The summed E-state index contributed by atoms with van der Waals surface area (Å²) in [6.07, 6.45) is 7.48. The van der Waals surface area contributed by atoms with Crippen molar-refractivity contribution < 1.29 is 5.11 Å². The molecule has 1 aromatic carbocycles. The Bertz CT molecular complexity index is 410. The van der Waals surface area contributed by atoms with Gasteiger partial charge in [-0.05, 0) is 77.2 Å². The molecule has 3 nitrogen and oxygen atoms in total. The zero-order valence-electron chi connectivity index (χ0n) is 13.7. The average Bonchev–Trinajstić information content (AvgIpc) is 2.53. The van der Waals surface area contributed by atoms with Gasteiger partial charge in [-0.15, -0.1) is 0 Å². The lowest BCUT2D eigenvalue weighted by atomic mass is 9.89. The van der Waals surface area contributed by atoms with E-state index in [2.05, 4.69) is 31.2 Å². The molecule has 0 aliphatic heterocycles. The van der Waals surface area contributed by atoms with E-state index in [1.165, 1.54) is 37.7 Å². The smallest absolute Gasteiger partial charge is 0.115 e. The van der Waals surface area contributed by atoms with Crippen molar-refractivity contribution in [1.29, 1.82) is 0 Å². The van der Waals surface area contributed by atoms with Gasteiger partial charge in [0.05, 0.1) is 0 Å². The highest BCUT2D eigenvalue weighted by atomic mass is 16.3. The second-order valence-corrected chi connectivity index (χ2v) is 6.51. The normalized spacial score (nSPS) is 24.2. The fraction of sp³-hybridized carbons (Fsp3) is 0.667. The van der Waals surface area contributed by atoms with Crippen LogP contribution in [0.2, 0.25) is 0 Å². The standard InChI is InChI=1S/C18H30N2O/c1-14(4-5-15-6-12-18(21)13-7-15)20(3)17-10-8-16(19-2)9-11-17/h6-7,12-14,16-17,19,21H,4-5,8-11H2,1-3H3. The molecule has 1 aromatic rings. The van der Waals surface area contributed by atoms with Gasteiger partial charge in [-0.1, -0.05) is 12.1 Å². The molecule has 0 heterocycles. The maximum absolute atomic E-state index is 9.32. The molecule has 3 heteroatoms. The molecular formula is C18H30N2O. The van der Waals surface area contributed by atoms with Crippen LogP contribution >= 0.6 is 0 Å². The second-order valence-electron chi connectivity index (χ2n) is 6.51. The summed E-state index contributed by atoms with van der Waals surface area (Å²) in [7, 11) is 4.36. The molecule has 0 radical (unpaired) electrons. The van der Waals surface area contributed by atoms with Crippen molar-refractivity contribution >= 4 is 0 Å². The monoisotopic (exact) mass is 290 g/mol. The Morgan fingerprint density at radius 1 is 1.19 bits per heavy atom. The molecule has 0 aromatic heterocycles. The molecule has 1 aliphatic carbocycles. The number of phenols is 1. The minimum Gasteiger partial charge on any atom is -0.508 e. The molecule has 0 bridgehead atoms. The largest absolute Gasteiger partial charge is 0.508 e. The predicted molar refractivity (Wildman–Crippen MR) is 88.8 cm³/mol. The topological polar surface area (TPSA) is 35.5 Å². The number of hydrogen-bond acceptors (Lipinski definition) is 3. The molecule has 0 spiro atoms. The quantitative estimate of drug-likeness (QED) is 0.844. The average molecular weight is 290 g/mol. The zero-order valence-corrected chi connectivity index (χ0v) is 13.7. The number of nitrogens with one attached hydrogen (secondary N) is 1. The SMILES string of the molecule is CNC1CCC(N(C)C(C)CCc2ccc(O)cc2)CC1. The maximum Gasteiger partial charge on any atom is 0.115 e. The van der Waals surface area contributed by atoms with E-state index in [0.717, 1.165) is 18.5 Å². The minimum atomic E-state index is 0.352. The molecular weight excluding hydrogens is 260 g/mol. The molecule has 1 aliphatic rings. The summed E-state index contributed by atoms with van der Waals surface area (Å²) in [6.45, 7) is 2.34. The van der Waals surface area contributed by atoms with Crippen molar-refractivity contribution in [3.63, 3.8) is 0 Å². The predicted octanol–water partition coefficient (Wildman–Crippen LogP) is 3.18. The first-order valence-electron chi connectivity index (χ1n) is 8.27. The zero-order chi connectivity index (χ0) is 15.2. The van der Waals surface area contributed by atoms with Crippen LogP contribution in [0.4, 0.5) is 0 Å². The summed E-state index contributed by atoms with van der Waals surface area (Å²) in [5, 5.41) is 12.7. The lowest BCUT2D eigenvalue weighted by Gasteiger charge is -2.38. The first-order valence-corrected chi connectivity index (χ1v) is 8.27. The van der Waals surface area contributed by atoms with Crippen molar-refractivity contribution in [1.82, 2.24) is 10.2 Å². The van der Waals surface area contributed by atoms with Crippen molar-refractivity contribution in [2.75, 3.05) is 14.1 Å². The molecule has 1 saturated carbocycles. The molecule has 0 saturated heterocycles. The van der Waals surface area contributed by atoms with Crippen LogP contribution in [0.5, 0.6) is 5.75 Å². The highest BCUT2D eigenvalue weighted by molar-refractivity contribution is 5.25. The molecule has 21 heavy (non-hydrogen) atoms. The lowest BCUT2D eigenvalue weighted by molar-refractivity contribution is 0.131. The highest BCUT2D eigenvalue weighted by Crippen LogP contribution is 2.24. The van der Waals surface area contributed by atoms with Gasteiger partial charge in [-0.2, -0.15) is 0 Å². The second kappa shape index (κ2) is 7.81. The van der Waals surface area contributed by atoms with Gasteiger partial charge in [0.15, 0.2) is 0 Å². The Kier molecular flexibility index (Phi) is 6.07. The Balaban J connectivity index is 1.77. The molecule has 2 N–H and O–H groups in total. The van der Waals surface area contributed by atoms with Crippen LogP contribution in [0.1, 0.15) is 44.6 Å². The van der Waals surface area contributed by atoms with Crippen LogP contribution in [-0.4, -0.2) is 42.2 Å². The summed E-state index contributed by atoms with van der Waals surface area (Å²) >= 11 is 0. The Morgan fingerprint density at radius 3 is 2.38 bits per heavy atom. The van der Waals surface area contributed by atoms with E-state index >= 15 is 0 Å². The third kappa shape index (κ3) is 4.72. The Labute approximate surface area is 129 Å². The highest BCUT2D eigenvalue weighted by Gasteiger charge is 2.25. The van der Waals surface area contributed by atoms with E-state index in [1.807, 2.05) is 12.1 Å². The van der Waals surface area contributed by atoms with Gasteiger partial charge < -0.3 is 15.3 Å². The first kappa shape index (κ1) is 16.3. The van der Waals surface area contributed by atoms with Crippen LogP contribution in [-0.2, 0) is 6.42 Å². The Morgan fingerprint density at radius 2 is 1.81 bits per heavy atom. The number of nitrogens with zero attached hydrogens (tertiary/aromatic N) is 1. The fourth-order valence-electron chi connectivity index (χ4n) is 3.37. The van der Waals surface area contributed by atoms with Crippen LogP contribution in [0.3, 0.4) is 0 Å². The fourth-order valence-corrected chi connectivity index (χ4v) is 3.37. The van der Waals surface area contributed by atoms with Gasteiger partial charge >= 0.3 is 0 Å². The van der Waals surface area contributed by atoms with Crippen LogP contribution in [0, 0.1) is 0 Å². The molecule has 0 amide bonds. The van der Waals surface area contributed by atoms with E-state index in [9.17, 15) is 5.11 Å². The number of aromatic hydroxyl groups is 1. The molecule has 1 atom stereocenters. The van der Waals surface area contributed by atoms with Crippen LogP contribution in [0.15, 0.2) is 24.3 Å². The number of phenolic OH excluding ortho intramolecular Hbond substituents is 1. The van der Waals surface area contributed by atoms with E-state index in [4.69, 9.17) is 0 Å². The van der Waals surface area contributed by atoms with Gasteiger partial charge in [0.1, 0.15) is 5.75 Å². The summed E-state index contributed by atoms with van der Waals surface area (Å²) in [5.41, 5.74) is 1.31. The minimum absolute atomic E-state index is 0.352. The third-order valence-electron chi connectivity index (χ3n) is 5.16. The van der Waals surface area contributed by atoms with Gasteiger partial charge in [0, 0.05) is 18.1 Å². The Hall–Kier alpha value is -1.06. The van der Waals surface area contributed by atoms with Crippen molar-refractivity contribution in [2.24, 2.45) is 0 Å². The first-order chi connectivity index (χ1) is 10.1. The van der Waals surface area contributed by atoms with Gasteiger partial charge in [0.2, 0.25) is 0 Å². The van der Waals surface area contributed by atoms with Crippen LogP contribution < -0.4 is 5.32 Å². The van der Waals surface area contributed by atoms with Crippen molar-refractivity contribution in [2.45, 2.75) is 63.6 Å². The number of aryl methyl sites for hydroxylation is 1. The van der Waals surface area contributed by atoms with Gasteiger partial charge in [-0.3, -0.25) is 0 Å². The number of rotatable bonds is 6. The van der Waals surface area contributed by atoms with E-state index < -0.39 is 0 Å². The van der Waals surface area contributed by atoms with Gasteiger partial charge in [0.25, 0.3) is 0 Å².